The molecule has 0 aliphatic heterocycles. The van der Waals surface area contributed by atoms with Crippen LogP contribution < -0.4 is 10.1 Å². The van der Waals surface area contributed by atoms with E-state index in [1.807, 2.05) is 0 Å². The van der Waals surface area contributed by atoms with Crippen molar-refractivity contribution in [1.82, 2.24) is 10.2 Å². The number of fused-ring (bicyclic) bond motifs is 1. The van der Waals surface area contributed by atoms with Gasteiger partial charge in [0.25, 0.3) is 0 Å². The molecule has 118 valence electrons. The van der Waals surface area contributed by atoms with E-state index in [4.69, 9.17) is 4.74 Å². The third-order valence-electron chi connectivity index (χ3n) is 4.59. The van der Waals surface area contributed by atoms with Crippen LogP contribution in [0.3, 0.4) is 0 Å². The van der Waals surface area contributed by atoms with E-state index in [9.17, 15) is 0 Å². The van der Waals surface area contributed by atoms with Crippen LogP contribution in [0.4, 0.5) is 0 Å². The highest BCUT2D eigenvalue weighted by atomic mass is 16.5. The molecule has 0 saturated carbocycles. The van der Waals surface area contributed by atoms with Gasteiger partial charge in [-0.3, -0.25) is 0 Å². The highest BCUT2D eigenvalue weighted by Crippen LogP contribution is 2.25. The molecule has 1 aliphatic rings. The van der Waals surface area contributed by atoms with Crippen LogP contribution in [0, 0.1) is 0 Å². The normalized spacial score (nSPS) is 19.4. The van der Waals surface area contributed by atoms with Gasteiger partial charge in [0.05, 0.1) is 7.11 Å². The molecular weight excluding hydrogens is 260 g/mol. The van der Waals surface area contributed by atoms with Crippen LogP contribution >= 0.6 is 0 Å². The molecule has 3 heteroatoms. The molecule has 2 unspecified atom stereocenters. The molecule has 0 aromatic heterocycles. The number of methoxy groups -OCH3 is 1. The lowest BCUT2D eigenvalue weighted by molar-refractivity contribution is 0.257. The number of nitrogens with zero attached hydrogens (tertiary/aromatic N) is 1. The largest absolute Gasteiger partial charge is 0.497 e. The maximum absolute atomic E-state index is 5.35. The zero-order valence-corrected chi connectivity index (χ0v) is 14.0. The Balaban J connectivity index is 1.91. The number of aryl methyl sites for hydroxylation is 1. The van der Waals surface area contributed by atoms with E-state index in [1.165, 1.54) is 24.0 Å². The monoisotopic (exact) mass is 290 g/mol. The second kappa shape index (κ2) is 7.81. The van der Waals surface area contributed by atoms with Crippen molar-refractivity contribution in [3.8, 4) is 5.75 Å². The van der Waals surface area contributed by atoms with E-state index in [-0.39, 0.29) is 0 Å². The first-order valence-corrected chi connectivity index (χ1v) is 8.30. The highest BCUT2D eigenvalue weighted by molar-refractivity contribution is 5.37. The van der Waals surface area contributed by atoms with Gasteiger partial charge < -0.3 is 15.0 Å². The van der Waals surface area contributed by atoms with Gasteiger partial charge >= 0.3 is 0 Å². The lowest BCUT2D eigenvalue weighted by Crippen LogP contribution is -2.45. The van der Waals surface area contributed by atoms with Crippen molar-refractivity contribution in [2.45, 2.75) is 52.1 Å². The molecule has 0 heterocycles. The van der Waals surface area contributed by atoms with Crippen molar-refractivity contribution in [1.29, 1.82) is 0 Å². The summed E-state index contributed by atoms with van der Waals surface area (Å²) in [7, 11) is 1.74. The van der Waals surface area contributed by atoms with Crippen molar-refractivity contribution in [2.75, 3.05) is 26.7 Å². The molecule has 0 fully saturated rings. The summed E-state index contributed by atoms with van der Waals surface area (Å²) in [6.07, 6.45) is 3.53. The van der Waals surface area contributed by atoms with E-state index >= 15 is 0 Å². The summed E-state index contributed by atoms with van der Waals surface area (Å²) < 4.78 is 5.35. The fourth-order valence-electron chi connectivity index (χ4n) is 3.33. The number of hydrogen-bond donors (Lipinski definition) is 1. The minimum Gasteiger partial charge on any atom is -0.497 e. The van der Waals surface area contributed by atoms with Gasteiger partial charge in [-0.25, -0.2) is 0 Å². The predicted molar refractivity (Wildman–Crippen MR) is 89.2 cm³/mol. The van der Waals surface area contributed by atoms with Gasteiger partial charge in [0.1, 0.15) is 5.75 Å². The molecule has 1 aromatic rings. The maximum atomic E-state index is 5.35. The lowest BCUT2D eigenvalue weighted by atomic mass is 9.88. The summed E-state index contributed by atoms with van der Waals surface area (Å²) in [5.41, 5.74) is 2.94. The Hall–Kier alpha value is -1.06. The molecule has 0 radical (unpaired) electrons. The summed E-state index contributed by atoms with van der Waals surface area (Å²) in [4.78, 5) is 2.48. The average Bonchev–Trinajstić information content (AvgIpc) is 2.51. The number of ether oxygens (including phenoxy) is 1. The van der Waals surface area contributed by atoms with Gasteiger partial charge in [-0.05, 0) is 62.5 Å². The SMILES string of the molecule is CCN(CC)CC(C)NC1CCc2ccc(OC)cc2C1. The van der Waals surface area contributed by atoms with Gasteiger partial charge in [-0.1, -0.05) is 19.9 Å². The van der Waals surface area contributed by atoms with Gasteiger partial charge in [-0.15, -0.1) is 0 Å². The lowest BCUT2D eigenvalue weighted by Gasteiger charge is -2.31. The van der Waals surface area contributed by atoms with Gasteiger partial charge in [0, 0.05) is 18.6 Å². The first kappa shape index (κ1) is 16.3. The third-order valence-corrected chi connectivity index (χ3v) is 4.59. The molecule has 2 rings (SSSR count). The molecule has 0 bridgehead atoms. The van der Waals surface area contributed by atoms with E-state index in [2.05, 4.69) is 49.2 Å². The van der Waals surface area contributed by atoms with E-state index in [1.54, 1.807) is 7.11 Å². The minimum atomic E-state index is 0.544. The Morgan fingerprint density at radius 2 is 2.05 bits per heavy atom. The van der Waals surface area contributed by atoms with Crippen LogP contribution in [0.2, 0.25) is 0 Å². The number of hydrogen-bond acceptors (Lipinski definition) is 3. The Kier molecular flexibility index (Phi) is 6.07. The first-order valence-electron chi connectivity index (χ1n) is 8.30. The maximum Gasteiger partial charge on any atom is 0.119 e. The fourth-order valence-corrected chi connectivity index (χ4v) is 3.33. The molecule has 0 spiro atoms. The third kappa shape index (κ3) is 4.45. The molecule has 1 N–H and O–H groups in total. The van der Waals surface area contributed by atoms with Crippen molar-refractivity contribution < 1.29 is 4.74 Å². The predicted octanol–water partition coefficient (Wildman–Crippen LogP) is 2.87. The van der Waals surface area contributed by atoms with E-state index in [0.29, 0.717) is 12.1 Å². The van der Waals surface area contributed by atoms with Gasteiger partial charge in [0.2, 0.25) is 0 Å². The Labute approximate surface area is 129 Å². The molecule has 2 atom stereocenters. The molecule has 21 heavy (non-hydrogen) atoms. The summed E-state index contributed by atoms with van der Waals surface area (Å²) >= 11 is 0. The number of rotatable bonds is 7. The summed E-state index contributed by atoms with van der Waals surface area (Å²) in [5, 5.41) is 3.81. The molecule has 0 amide bonds. The summed E-state index contributed by atoms with van der Waals surface area (Å²) in [5.74, 6) is 0.977. The number of nitrogens with one attached hydrogen (secondary N) is 1. The van der Waals surface area contributed by atoms with Crippen LogP contribution in [0.25, 0.3) is 0 Å². The summed E-state index contributed by atoms with van der Waals surface area (Å²) in [6, 6.07) is 7.65. The van der Waals surface area contributed by atoms with Crippen LogP contribution in [0.1, 0.15) is 38.3 Å². The van der Waals surface area contributed by atoms with Crippen molar-refractivity contribution in [3.63, 3.8) is 0 Å². The van der Waals surface area contributed by atoms with E-state index < -0.39 is 0 Å². The standard InChI is InChI=1S/C18H30N2O/c1-5-20(6-2)13-14(3)19-17-9-7-15-8-10-18(21-4)12-16(15)11-17/h8,10,12,14,17,19H,5-7,9,11,13H2,1-4H3. The molecular formula is C18H30N2O. The molecule has 0 saturated heterocycles. The average molecular weight is 290 g/mol. The Morgan fingerprint density at radius 1 is 1.29 bits per heavy atom. The van der Waals surface area contributed by atoms with Crippen LogP contribution in [0.15, 0.2) is 18.2 Å². The van der Waals surface area contributed by atoms with Crippen LogP contribution in [-0.4, -0.2) is 43.7 Å². The van der Waals surface area contributed by atoms with Crippen LogP contribution in [0.5, 0.6) is 5.75 Å². The Morgan fingerprint density at radius 3 is 2.71 bits per heavy atom. The summed E-state index contributed by atoms with van der Waals surface area (Å²) in [6.45, 7) is 10.2. The molecule has 1 aliphatic carbocycles. The Bertz CT molecular complexity index is 443. The van der Waals surface area contributed by atoms with Crippen LogP contribution in [-0.2, 0) is 12.8 Å². The fraction of sp³-hybridized carbons (Fsp3) is 0.667. The second-order valence-corrected chi connectivity index (χ2v) is 6.13. The topological polar surface area (TPSA) is 24.5 Å². The smallest absolute Gasteiger partial charge is 0.119 e. The number of likely N-dealkylation sites (N-methyl/N-ethyl adjacent to an activating group) is 1. The van der Waals surface area contributed by atoms with Crippen molar-refractivity contribution >= 4 is 0 Å². The van der Waals surface area contributed by atoms with E-state index in [0.717, 1.165) is 31.8 Å². The van der Waals surface area contributed by atoms with Gasteiger partial charge in [0.15, 0.2) is 0 Å². The van der Waals surface area contributed by atoms with Gasteiger partial charge in [-0.2, -0.15) is 0 Å². The minimum absolute atomic E-state index is 0.544. The highest BCUT2D eigenvalue weighted by Gasteiger charge is 2.20. The quantitative estimate of drug-likeness (QED) is 0.835. The van der Waals surface area contributed by atoms with Crippen molar-refractivity contribution in [2.24, 2.45) is 0 Å². The van der Waals surface area contributed by atoms with Crippen molar-refractivity contribution in [3.05, 3.63) is 29.3 Å². The zero-order valence-electron chi connectivity index (χ0n) is 14.0. The number of benzene rings is 1. The molecule has 3 nitrogen and oxygen atoms in total. The first-order chi connectivity index (χ1) is 10.2. The zero-order chi connectivity index (χ0) is 15.2. The second-order valence-electron chi connectivity index (χ2n) is 6.13. The molecule has 1 aromatic carbocycles.